The van der Waals surface area contributed by atoms with E-state index in [9.17, 15) is 0 Å². The first-order valence-corrected chi connectivity index (χ1v) is 5.51. The van der Waals surface area contributed by atoms with Crippen LogP contribution >= 0.6 is 0 Å². The average Bonchev–Trinajstić information content (AvgIpc) is 2.31. The first-order valence-electron chi connectivity index (χ1n) is 5.51. The van der Waals surface area contributed by atoms with Crippen molar-refractivity contribution in [3.05, 3.63) is 23.4 Å². The number of hydrogen-bond donors (Lipinski definition) is 1. The van der Waals surface area contributed by atoms with Gasteiger partial charge in [-0.3, -0.25) is 0 Å². The summed E-state index contributed by atoms with van der Waals surface area (Å²) in [4.78, 5) is 4.23. The Bertz CT molecular complexity index is 405. The third-order valence-electron chi connectivity index (χ3n) is 2.83. The quantitative estimate of drug-likeness (QED) is 0.821. The summed E-state index contributed by atoms with van der Waals surface area (Å²) in [7, 11) is 0. The molecule has 16 heavy (non-hydrogen) atoms. The van der Waals surface area contributed by atoms with E-state index in [-0.39, 0.29) is 0 Å². The van der Waals surface area contributed by atoms with Crippen molar-refractivity contribution in [2.45, 2.75) is 25.8 Å². The number of anilines is 1. The molecule has 1 aromatic heterocycles. The van der Waals surface area contributed by atoms with Crippen molar-refractivity contribution in [1.29, 1.82) is 5.26 Å². The van der Waals surface area contributed by atoms with E-state index >= 15 is 0 Å². The molecule has 1 N–H and O–H groups in total. The van der Waals surface area contributed by atoms with Crippen LogP contribution in [0.5, 0.6) is 0 Å². The number of aromatic nitrogens is 1. The van der Waals surface area contributed by atoms with Gasteiger partial charge in [-0.1, -0.05) is 0 Å². The molecule has 1 aliphatic heterocycles. The third kappa shape index (κ3) is 2.31. The fourth-order valence-electron chi connectivity index (χ4n) is 1.84. The second kappa shape index (κ2) is 4.95. The second-order valence-electron chi connectivity index (χ2n) is 3.99. The summed E-state index contributed by atoms with van der Waals surface area (Å²) in [5, 5.41) is 12.4. The molecule has 0 saturated carbocycles. The Morgan fingerprint density at radius 2 is 2.25 bits per heavy atom. The first-order chi connectivity index (χ1) is 7.81. The highest BCUT2D eigenvalue weighted by Crippen LogP contribution is 2.19. The zero-order valence-corrected chi connectivity index (χ0v) is 9.36. The molecule has 4 nitrogen and oxygen atoms in total. The molecule has 1 fully saturated rings. The lowest BCUT2D eigenvalue weighted by Gasteiger charge is -2.24. The SMILES string of the molecule is Cc1ccnc(NC2CCOCC2)c1C#N. The molecule has 0 amide bonds. The molecular weight excluding hydrogens is 202 g/mol. The monoisotopic (exact) mass is 217 g/mol. The summed E-state index contributed by atoms with van der Waals surface area (Å²) in [5.74, 6) is 0.703. The van der Waals surface area contributed by atoms with E-state index in [0.717, 1.165) is 31.6 Å². The molecule has 1 aliphatic rings. The molecule has 0 aliphatic carbocycles. The van der Waals surface area contributed by atoms with E-state index in [2.05, 4.69) is 16.4 Å². The van der Waals surface area contributed by atoms with Gasteiger partial charge in [0.15, 0.2) is 0 Å². The van der Waals surface area contributed by atoms with Gasteiger partial charge in [-0.25, -0.2) is 4.98 Å². The summed E-state index contributed by atoms with van der Waals surface area (Å²) in [6.07, 6.45) is 3.68. The molecule has 2 heterocycles. The average molecular weight is 217 g/mol. The molecular formula is C12H15N3O. The summed E-state index contributed by atoms with van der Waals surface area (Å²) >= 11 is 0. The van der Waals surface area contributed by atoms with Crippen molar-refractivity contribution in [2.75, 3.05) is 18.5 Å². The Labute approximate surface area is 95.3 Å². The maximum Gasteiger partial charge on any atom is 0.144 e. The first kappa shape index (κ1) is 10.9. The molecule has 1 aromatic rings. The van der Waals surface area contributed by atoms with Gasteiger partial charge in [0, 0.05) is 25.5 Å². The summed E-state index contributed by atoms with van der Waals surface area (Å²) in [6.45, 7) is 3.49. The van der Waals surface area contributed by atoms with Crippen molar-refractivity contribution >= 4 is 5.82 Å². The minimum atomic E-state index is 0.371. The van der Waals surface area contributed by atoms with Gasteiger partial charge in [0.05, 0.1) is 5.56 Å². The predicted molar refractivity (Wildman–Crippen MR) is 61.2 cm³/mol. The summed E-state index contributed by atoms with van der Waals surface area (Å²) in [5.41, 5.74) is 1.61. The number of nitrogens with zero attached hydrogens (tertiary/aromatic N) is 2. The van der Waals surface area contributed by atoms with Crippen molar-refractivity contribution in [3.63, 3.8) is 0 Å². The van der Waals surface area contributed by atoms with Gasteiger partial charge in [-0.05, 0) is 31.4 Å². The van der Waals surface area contributed by atoms with Crippen molar-refractivity contribution in [2.24, 2.45) is 0 Å². The number of rotatable bonds is 2. The molecule has 2 rings (SSSR count). The van der Waals surface area contributed by atoms with Gasteiger partial charge < -0.3 is 10.1 Å². The summed E-state index contributed by atoms with van der Waals surface area (Å²) < 4.78 is 5.29. The normalized spacial score (nSPS) is 16.8. The lowest BCUT2D eigenvalue weighted by molar-refractivity contribution is 0.0904. The topological polar surface area (TPSA) is 57.9 Å². The van der Waals surface area contributed by atoms with Crippen LogP contribution in [0.3, 0.4) is 0 Å². The van der Waals surface area contributed by atoms with Gasteiger partial charge in [0.1, 0.15) is 11.9 Å². The third-order valence-corrected chi connectivity index (χ3v) is 2.83. The van der Waals surface area contributed by atoms with Crippen LogP contribution in [0, 0.1) is 18.3 Å². The number of pyridine rings is 1. The number of ether oxygens (including phenoxy) is 1. The fraction of sp³-hybridized carbons (Fsp3) is 0.500. The minimum Gasteiger partial charge on any atom is -0.381 e. The largest absolute Gasteiger partial charge is 0.381 e. The van der Waals surface area contributed by atoms with E-state index in [4.69, 9.17) is 10.00 Å². The van der Waals surface area contributed by atoms with Gasteiger partial charge in [0.25, 0.3) is 0 Å². The van der Waals surface area contributed by atoms with E-state index in [1.165, 1.54) is 0 Å². The Morgan fingerprint density at radius 1 is 1.50 bits per heavy atom. The molecule has 0 spiro atoms. The van der Waals surface area contributed by atoms with E-state index < -0.39 is 0 Å². The highest BCUT2D eigenvalue weighted by molar-refractivity contribution is 5.55. The van der Waals surface area contributed by atoms with Crippen LogP contribution in [0.1, 0.15) is 24.0 Å². The van der Waals surface area contributed by atoms with Crippen LogP contribution in [-0.2, 0) is 4.74 Å². The highest BCUT2D eigenvalue weighted by Gasteiger charge is 2.16. The van der Waals surface area contributed by atoms with E-state index in [1.54, 1.807) is 6.20 Å². The number of hydrogen-bond acceptors (Lipinski definition) is 4. The predicted octanol–water partition coefficient (Wildman–Crippen LogP) is 1.85. The smallest absolute Gasteiger partial charge is 0.144 e. The lowest BCUT2D eigenvalue weighted by atomic mass is 10.1. The van der Waals surface area contributed by atoms with Gasteiger partial charge >= 0.3 is 0 Å². The van der Waals surface area contributed by atoms with Crippen LogP contribution in [0.25, 0.3) is 0 Å². The fourth-order valence-corrected chi connectivity index (χ4v) is 1.84. The van der Waals surface area contributed by atoms with Gasteiger partial charge in [-0.2, -0.15) is 5.26 Å². The number of nitriles is 1. The summed E-state index contributed by atoms with van der Waals surface area (Å²) in [6, 6.07) is 4.42. The Kier molecular flexibility index (Phi) is 3.37. The Morgan fingerprint density at radius 3 is 2.94 bits per heavy atom. The van der Waals surface area contributed by atoms with E-state index in [0.29, 0.717) is 17.4 Å². The maximum atomic E-state index is 9.07. The number of nitrogens with one attached hydrogen (secondary N) is 1. The zero-order valence-electron chi connectivity index (χ0n) is 9.36. The zero-order chi connectivity index (χ0) is 11.4. The van der Waals surface area contributed by atoms with Crippen LogP contribution in [0.4, 0.5) is 5.82 Å². The molecule has 0 bridgehead atoms. The standard InChI is InChI=1S/C12H15N3O/c1-9-2-5-14-12(11(9)8-13)15-10-3-6-16-7-4-10/h2,5,10H,3-4,6-7H2,1H3,(H,14,15). The van der Waals surface area contributed by atoms with Crippen LogP contribution in [0.2, 0.25) is 0 Å². The van der Waals surface area contributed by atoms with Crippen LogP contribution in [-0.4, -0.2) is 24.2 Å². The van der Waals surface area contributed by atoms with Crippen LogP contribution in [0.15, 0.2) is 12.3 Å². The van der Waals surface area contributed by atoms with Gasteiger partial charge in [-0.15, -0.1) is 0 Å². The Hall–Kier alpha value is -1.60. The molecule has 84 valence electrons. The van der Waals surface area contributed by atoms with Crippen molar-refractivity contribution in [3.8, 4) is 6.07 Å². The van der Waals surface area contributed by atoms with Gasteiger partial charge in [0.2, 0.25) is 0 Å². The second-order valence-corrected chi connectivity index (χ2v) is 3.99. The highest BCUT2D eigenvalue weighted by atomic mass is 16.5. The maximum absolute atomic E-state index is 9.07. The molecule has 1 saturated heterocycles. The molecule has 0 radical (unpaired) electrons. The van der Waals surface area contributed by atoms with Crippen molar-refractivity contribution < 1.29 is 4.74 Å². The van der Waals surface area contributed by atoms with E-state index in [1.807, 2.05) is 13.0 Å². The molecule has 0 unspecified atom stereocenters. The minimum absolute atomic E-state index is 0.371. The molecule has 0 atom stereocenters. The molecule has 0 aromatic carbocycles. The lowest BCUT2D eigenvalue weighted by Crippen LogP contribution is -2.28. The Balaban J connectivity index is 2.14. The van der Waals surface area contributed by atoms with Crippen molar-refractivity contribution in [1.82, 2.24) is 4.98 Å². The molecule has 4 heteroatoms. The van der Waals surface area contributed by atoms with Crippen LogP contribution < -0.4 is 5.32 Å². The number of aryl methyl sites for hydroxylation is 1.